The van der Waals surface area contributed by atoms with E-state index in [0.29, 0.717) is 18.0 Å². The lowest BCUT2D eigenvalue weighted by Crippen LogP contribution is -2.43. The quantitative estimate of drug-likeness (QED) is 0.809. The van der Waals surface area contributed by atoms with Crippen LogP contribution in [-0.2, 0) is 11.3 Å². The van der Waals surface area contributed by atoms with E-state index in [1.54, 1.807) is 6.92 Å². The zero-order valence-electron chi connectivity index (χ0n) is 14.7. The van der Waals surface area contributed by atoms with Gasteiger partial charge in [0.05, 0.1) is 5.69 Å². The highest BCUT2D eigenvalue weighted by atomic mass is 16.2. The second-order valence-corrected chi connectivity index (χ2v) is 7.38. The fourth-order valence-corrected chi connectivity index (χ4v) is 3.57. The number of carbonyl (C=O) groups excluding carboxylic acids is 1. The highest BCUT2D eigenvalue weighted by Gasteiger charge is 2.35. The normalized spacial score (nSPS) is 21.8. The summed E-state index contributed by atoms with van der Waals surface area (Å²) in [7, 11) is 0. The topological polar surface area (TPSA) is 36.4 Å². The van der Waals surface area contributed by atoms with E-state index in [4.69, 9.17) is 4.98 Å². The van der Waals surface area contributed by atoms with Gasteiger partial charge in [0.1, 0.15) is 0 Å². The minimum absolute atomic E-state index is 0.235. The third-order valence-electron chi connectivity index (χ3n) is 5.08. The van der Waals surface area contributed by atoms with Crippen LogP contribution in [0.25, 0.3) is 0 Å². The summed E-state index contributed by atoms with van der Waals surface area (Å²) >= 11 is 0. The number of nitrogens with zero attached hydrogens (tertiary/aromatic N) is 3. The highest BCUT2D eigenvalue weighted by molar-refractivity contribution is 5.74. The van der Waals surface area contributed by atoms with Gasteiger partial charge in [-0.1, -0.05) is 19.9 Å². The Bertz CT molecular complexity index is 553. The first-order valence-corrected chi connectivity index (χ1v) is 9.01. The van der Waals surface area contributed by atoms with Gasteiger partial charge in [-0.2, -0.15) is 0 Å². The lowest BCUT2D eigenvalue weighted by Gasteiger charge is -2.30. The number of hydrogen-bond donors (Lipinski definition) is 0. The van der Waals surface area contributed by atoms with Crippen LogP contribution in [0.1, 0.15) is 63.8 Å². The molecule has 126 valence electrons. The number of amides is 1. The van der Waals surface area contributed by atoms with E-state index in [1.165, 1.54) is 31.4 Å². The standard InChI is InChI=1S/C19H29N3O/c1-14(2)19-8-4-6-16(20-19)12-21-11-5-7-18(21)13-22(15(3)23)17-9-10-17/h4,6,8,14,17-18H,5,7,9-13H2,1-3H3. The number of likely N-dealkylation sites (tertiary alicyclic amines) is 1. The van der Waals surface area contributed by atoms with Gasteiger partial charge in [-0.05, 0) is 50.3 Å². The van der Waals surface area contributed by atoms with E-state index in [-0.39, 0.29) is 5.91 Å². The molecule has 1 aliphatic heterocycles. The molecule has 2 aliphatic rings. The number of carbonyl (C=O) groups is 1. The van der Waals surface area contributed by atoms with Crippen molar-refractivity contribution in [1.29, 1.82) is 0 Å². The molecule has 0 bridgehead atoms. The molecule has 0 radical (unpaired) electrons. The minimum Gasteiger partial charge on any atom is -0.338 e. The Morgan fingerprint density at radius 3 is 2.78 bits per heavy atom. The van der Waals surface area contributed by atoms with Gasteiger partial charge in [0.25, 0.3) is 0 Å². The largest absolute Gasteiger partial charge is 0.338 e. The molecule has 1 atom stereocenters. The molecule has 2 heterocycles. The number of aromatic nitrogens is 1. The summed E-state index contributed by atoms with van der Waals surface area (Å²) in [5, 5.41) is 0. The van der Waals surface area contributed by atoms with Crippen molar-refractivity contribution >= 4 is 5.91 Å². The summed E-state index contributed by atoms with van der Waals surface area (Å²) in [5.74, 6) is 0.701. The number of rotatable bonds is 6. The minimum atomic E-state index is 0.235. The Kier molecular flexibility index (Phi) is 5.00. The van der Waals surface area contributed by atoms with Crippen molar-refractivity contribution in [3.8, 4) is 0 Å². The molecule has 0 aromatic carbocycles. The van der Waals surface area contributed by atoms with E-state index in [2.05, 4.69) is 41.8 Å². The van der Waals surface area contributed by atoms with E-state index in [9.17, 15) is 4.79 Å². The van der Waals surface area contributed by atoms with Crippen molar-refractivity contribution in [3.63, 3.8) is 0 Å². The zero-order chi connectivity index (χ0) is 16.4. The Balaban J connectivity index is 1.64. The maximum Gasteiger partial charge on any atom is 0.219 e. The first kappa shape index (κ1) is 16.4. The van der Waals surface area contributed by atoms with Gasteiger partial charge >= 0.3 is 0 Å². The lowest BCUT2D eigenvalue weighted by molar-refractivity contribution is -0.130. The average molecular weight is 315 g/mol. The molecule has 1 aromatic rings. The van der Waals surface area contributed by atoms with Gasteiger partial charge in [-0.15, -0.1) is 0 Å². The SMILES string of the molecule is CC(=O)N(CC1CCCN1Cc1cccc(C(C)C)n1)C1CC1. The number of pyridine rings is 1. The molecule has 3 rings (SSSR count). The molecule has 1 amide bonds. The van der Waals surface area contributed by atoms with Crippen LogP contribution >= 0.6 is 0 Å². The van der Waals surface area contributed by atoms with Gasteiger partial charge in [-0.25, -0.2) is 0 Å². The van der Waals surface area contributed by atoms with Crippen LogP contribution in [0, 0.1) is 0 Å². The van der Waals surface area contributed by atoms with E-state index < -0.39 is 0 Å². The van der Waals surface area contributed by atoms with Crippen molar-refractivity contribution in [2.75, 3.05) is 13.1 Å². The Hall–Kier alpha value is -1.42. The van der Waals surface area contributed by atoms with Gasteiger partial charge in [0.15, 0.2) is 0 Å². The number of hydrogen-bond acceptors (Lipinski definition) is 3. The van der Waals surface area contributed by atoms with Crippen molar-refractivity contribution in [2.45, 2.75) is 71.0 Å². The summed E-state index contributed by atoms with van der Waals surface area (Å²) in [6.07, 6.45) is 4.79. The fraction of sp³-hybridized carbons (Fsp3) is 0.684. The summed E-state index contributed by atoms with van der Waals surface area (Å²) in [4.78, 5) is 21.3. The summed E-state index contributed by atoms with van der Waals surface area (Å²) in [6, 6.07) is 7.36. The Morgan fingerprint density at radius 1 is 1.35 bits per heavy atom. The first-order chi connectivity index (χ1) is 11.0. The van der Waals surface area contributed by atoms with Crippen LogP contribution < -0.4 is 0 Å². The van der Waals surface area contributed by atoms with Gasteiger partial charge < -0.3 is 4.90 Å². The maximum atomic E-state index is 11.9. The van der Waals surface area contributed by atoms with Crippen LogP contribution in [0.4, 0.5) is 0 Å². The molecule has 2 fully saturated rings. The molecule has 1 aliphatic carbocycles. The second kappa shape index (κ2) is 7.00. The molecule has 23 heavy (non-hydrogen) atoms. The third kappa shape index (κ3) is 4.11. The highest BCUT2D eigenvalue weighted by Crippen LogP contribution is 2.29. The Labute approximate surface area is 139 Å². The zero-order valence-corrected chi connectivity index (χ0v) is 14.7. The molecule has 1 aromatic heterocycles. The molecule has 0 N–H and O–H groups in total. The smallest absolute Gasteiger partial charge is 0.219 e. The van der Waals surface area contributed by atoms with Gasteiger partial charge in [-0.3, -0.25) is 14.7 Å². The second-order valence-electron chi connectivity index (χ2n) is 7.38. The average Bonchev–Trinajstić information content (AvgIpc) is 3.26. The summed E-state index contributed by atoms with van der Waals surface area (Å²) in [6.45, 7) is 9.00. The molecule has 1 saturated heterocycles. The van der Waals surface area contributed by atoms with Gasteiger partial charge in [0.2, 0.25) is 5.91 Å². The monoisotopic (exact) mass is 315 g/mol. The van der Waals surface area contributed by atoms with Crippen LogP contribution in [0.3, 0.4) is 0 Å². The van der Waals surface area contributed by atoms with Crippen LogP contribution in [-0.4, -0.2) is 45.9 Å². The molecular weight excluding hydrogens is 286 g/mol. The predicted molar refractivity (Wildman–Crippen MR) is 92.2 cm³/mol. The molecule has 1 saturated carbocycles. The molecule has 4 heteroatoms. The van der Waals surface area contributed by atoms with Crippen molar-refractivity contribution in [1.82, 2.24) is 14.8 Å². The lowest BCUT2D eigenvalue weighted by atomic mass is 10.1. The maximum absolute atomic E-state index is 11.9. The predicted octanol–water partition coefficient (Wildman–Crippen LogP) is 3.18. The Morgan fingerprint density at radius 2 is 2.13 bits per heavy atom. The van der Waals surface area contributed by atoms with Crippen LogP contribution in [0.2, 0.25) is 0 Å². The van der Waals surface area contributed by atoms with Crippen LogP contribution in [0.15, 0.2) is 18.2 Å². The molecule has 4 nitrogen and oxygen atoms in total. The van der Waals surface area contributed by atoms with Crippen molar-refractivity contribution in [3.05, 3.63) is 29.6 Å². The summed E-state index contributed by atoms with van der Waals surface area (Å²) < 4.78 is 0. The van der Waals surface area contributed by atoms with Crippen molar-refractivity contribution < 1.29 is 4.79 Å². The molecular formula is C19H29N3O. The molecule has 1 unspecified atom stereocenters. The van der Waals surface area contributed by atoms with E-state index >= 15 is 0 Å². The third-order valence-corrected chi connectivity index (χ3v) is 5.08. The van der Waals surface area contributed by atoms with Crippen molar-refractivity contribution in [2.24, 2.45) is 0 Å². The van der Waals surface area contributed by atoms with E-state index in [0.717, 1.165) is 25.3 Å². The van der Waals surface area contributed by atoms with Crippen LogP contribution in [0.5, 0.6) is 0 Å². The summed E-state index contributed by atoms with van der Waals surface area (Å²) in [5.41, 5.74) is 2.32. The fourth-order valence-electron chi connectivity index (χ4n) is 3.57. The van der Waals surface area contributed by atoms with E-state index in [1.807, 2.05) is 0 Å². The van der Waals surface area contributed by atoms with Gasteiger partial charge in [0, 0.05) is 37.8 Å². The first-order valence-electron chi connectivity index (χ1n) is 9.01. The molecule has 0 spiro atoms.